The van der Waals surface area contributed by atoms with Crippen molar-refractivity contribution < 1.29 is 5.11 Å². The van der Waals surface area contributed by atoms with Gasteiger partial charge in [-0.05, 0) is 38.0 Å². The van der Waals surface area contributed by atoms with Gasteiger partial charge in [0.2, 0.25) is 0 Å². The molecule has 0 saturated heterocycles. The molecule has 1 saturated carbocycles. The quantitative estimate of drug-likeness (QED) is 0.682. The van der Waals surface area contributed by atoms with Gasteiger partial charge in [0.25, 0.3) is 0 Å². The van der Waals surface area contributed by atoms with Crippen molar-refractivity contribution in [1.82, 2.24) is 0 Å². The van der Waals surface area contributed by atoms with E-state index in [1.165, 1.54) is 25.7 Å². The highest BCUT2D eigenvalue weighted by atomic mass is 16.3. The molecule has 1 rings (SSSR count). The summed E-state index contributed by atoms with van der Waals surface area (Å²) in [5, 5.41) is 10.2. The maximum absolute atomic E-state index is 10.2. The Kier molecular flexibility index (Phi) is 4.48. The van der Waals surface area contributed by atoms with Crippen molar-refractivity contribution in [2.45, 2.75) is 63.9 Å². The highest BCUT2D eigenvalue weighted by molar-refractivity contribution is 4.91. The van der Waals surface area contributed by atoms with Gasteiger partial charge in [-0.2, -0.15) is 0 Å². The number of aliphatic hydroxyl groups is 1. The predicted molar refractivity (Wildman–Crippen MR) is 59.9 cm³/mol. The van der Waals surface area contributed by atoms with Crippen LogP contribution in [-0.4, -0.2) is 10.7 Å². The molecule has 0 atom stereocenters. The highest BCUT2D eigenvalue weighted by Crippen LogP contribution is 2.36. The van der Waals surface area contributed by atoms with E-state index in [1.807, 2.05) is 0 Å². The van der Waals surface area contributed by atoms with Gasteiger partial charge in [0.1, 0.15) is 0 Å². The zero-order valence-electron chi connectivity index (χ0n) is 9.26. The highest BCUT2D eigenvalue weighted by Gasteiger charge is 2.31. The van der Waals surface area contributed by atoms with Crippen molar-refractivity contribution in [2.24, 2.45) is 5.92 Å². The average Bonchev–Trinajstić information content (AvgIpc) is 2.20. The molecule has 0 aromatic rings. The lowest BCUT2D eigenvalue weighted by molar-refractivity contribution is -0.0162. The summed E-state index contributed by atoms with van der Waals surface area (Å²) in [6.45, 7) is 2.24. The molecule has 0 spiro atoms. The van der Waals surface area contributed by atoms with Crippen LogP contribution in [0.5, 0.6) is 0 Å². The van der Waals surface area contributed by atoms with E-state index in [0.717, 1.165) is 31.6 Å². The van der Waals surface area contributed by atoms with Crippen LogP contribution >= 0.6 is 0 Å². The first kappa shape index (κ1) is 11.6. The third-order valence-electron chi connectivity index (χ3n) is 3.47. The lowest BCUT2D eigenvalue weighted by Gasteiger charge is -2.35. The molecule has 0 aromatic heterocycles. The van der Waals surface area contributed by atoms with Gasteiger partial charge in [-0.15, -0.1) is 12.3 Å². The van der Waals surface area contributed by atoms with E-state index in [4.69, 9.17) is 6.42 Å². The van der Waals surface area contributed by atoms with E-state index in [-0.39, 0.29) is 0 Å². The maximum Gasteiger partial charge on any atom is 0.0657 e. The molecule has 1 fully saturated rings. The summed E-state index contributed by atoms with van der Waals surface area (Å²) in [5.41, 5.74) is -0.434. The molecule has 1 nitrogen and oxygen atoms in total. The maximum atomic E-state index is 10.2. The first-order valence-corrected chi connectivity index (χ1v) is 5.86. The molecule has 14 heavy (non-hydrogen) atoms. The fourth-order valence-corrected chi connectivity index (χ4v) is 2.47. The Bertz CT molecular complexity index is 194. The van der Waals surface area contributed by atoms with Crippen LogP contribution in [0.3, 0.4) is 0 Å². The van der Waals surface area contributed by atoms with Crippen LogP contribution in [-0.2, 0) is 0 Å². The molecule has 0 amide bonds. The summed E-state index contributed by atoms with van der Waals surface area (Å²) in [4.78, 5) is 0. The number of hydrogen-bond acceptors (Lipinski definition) is 1. The van der Waals surface area contributed by atoms with Crippen LogP contribution in [0, 0.1) is 18.3 Å². The van der Waals surface area contributed by atoms with Crippen LogP contribution in [0.25, 0.3) is 0 Å². The van der Waals surface area contributed by atoms with Crippen molar-refractivity contribution >= 4 is 0 Å². The number of terminal acetylenes is 1. The number of hydrogen-bond donors (Lipinski definition) is 1. The minimum Gasteiger partial charge on any atom is -0.390 e. The Morgan fingerprint density at radius 3 is 2.57 bits per heavy atom. The van der Waals surface area contributed by atoms with Crippen molar-refractivity contribution in [2.75, 3.05) is 0 Å². The van der Waals surface area contributed by atoms with E-state index in [1.54, 1.807) is 0 Å². The molecule has 1 aliphatic rings. The minimum atomic E-state index is -0.434. The fraction of sp³-hybridized carbons (Fsp3) is 0.846. The van der Waals surface area contributed by atoms with E-state index < -0.39 is 5.60 Å². The van der Waals surface area contributed by atoms with Gasteiger partial charge < -0.3 is 5.11 Å². The third kappa shape index (κ3) is 3.35. The summed E-state index contributed by atoms with van der Waals surface area (Å²) in [6.07, 6.45) is 13.6. The second kappa shape index (κ2) is 5.41. The molecule has 1 heteroatoms. The molecule has 80 valence electrons. The van der Waals surface area contributed by atoms with Crippen molar-refractivity contribution in [1.29, 1.82) is 0 Å². The van der Waals surface area contributed by atoms with Crippen LogP contribution in [0.2, 0.25) is 0 Å². The van der Waals surface area contributed by atoms with Crippen molar-refractivity contribution in [3.8, 4) is 12.3 Å². The van der Waals surface area contributed by atoms with Crippen LogP contribution in [0.1, 0.15) is 58.3 Å². The van der Waals surface area contributed by atoms with Gasteiger partial charge in [-0.3, -0.25) is 0 Å². The summed E-state index contributed by atoms with van der Waals surface area (Å²) in [6, 6.07) is 0. The molecule has 0 radical (unpaired) electrons. The Morgan fingerprint density at radius 1 is 1.43 bits per heavy atom. The van der Waals surface area contributed by atoms with E-state index in [2.05, 4.69) is 12.8 Å². The Labute approximate surface area is 87.9 Å². The van der Waals surface area contributed by atoms with Gasteiger partial charge in [-0.25, -0.2) is 0 Å². The lowest BCUT2D eigenvalue weighted by atomic mass is 9.75. The molecule has 0 heterocycles. The first-order valence-electron chi connectivity index (χ1n) is 5.86. The molecule has 0 aliphatic heterocycles. The fourth-order valence-electron chi connectivity index (χ4n) is 2.47. The standard InChI is InChI=1S/C13H22O/c1-3-5-9-13(14)10-7-12(6-4-2)8-11-13/h1,12,14H,4-11H2,2H3. The number of rotatable bonds is 4. The molecule has 0 unspecified atom stereocenters. The van der Waals surface area contributed by atoms with E-state index >= 15 is 0 Å². The summed E-state index contributed by atoms with van der Waals surface area (Å²) < 4.78 is 0. The van der Waals surface area contributed by atoms with E-state index in [0.29, 0.717) is 0 Å². The summed E-state index contributed by atoms with van der Waals surface area (Å²) >= 11 is 0. The van der Waals surface area contributed by atoms with Gasteiger partial charge in [-0.1, -0.05) is 19.8 Å². The molecule has 0 bridgehead atoms. The Hall–Kier alpha value is -0.480. The van der Waals surface area contributed by atoms with Gasteiger partial charge >= 0.3 is 0 Å². The topological polar surface area (TPSA) is 20.2 Å². The lowest BCUT2D eigenvalue weighted by Crippen LogP contribution is -2.33. The molecule has 1 N–H and O–H groups in total. The third-order valence-corrected chi connectivity index (χ3v) is 3.47. The SMILES string of the molecule is C#CCCC1(O)CCC(CCC)CC1. The van der Waals surface area contributed by atoms with Crippen LogP contribution in [0.15, 0.2) is 0 Å². The van der Waals surface area contributed by atoms with Gasteiger partial charge in [0.05, 0.1) is 5.60 Å². The minimum absolute atomic E-state index is 0.434. The monoisotopic (exact) mass is 194 g/mol. The zero-order valence-corrected chi connectivity index (χ0v) is 9.26. The van der Waals surface area contributed by atoms with Crippen LogP contribution < -0.4 is 0 Å². The normalized spacial score (nSPS) is 32.5. The molecule has 0 aromatic carbocycles. The molecular formula is C13H22O. The van der Waals surface area contributed by atoms with Crippen LogP contribution in [0.4, 0.5) is 0 Å². The molecule has 1 aliphatic carbocycles. The second-order valence-corrected chi connectivity index (χ2v) is 4.66. The smallest absolute Gasteiger partial charge is 0.0657 e. The summed E-state index contributed by atoms with van der Waals surface area (Å²) in [7, 11) is 0. The van der Waals surface area contributed by atoms with Gasteiger partial charge in [0.15, 0.2) is 0 Å². The van der Waals surface area contributed by atoms with E-state index in [9.17, 15) is 5.11 Å². The predicted octanol–water partition coefficient (Wildman–Crippen LogP) is 3.12. The molecular weight excluding hydrogens is 172 g/mol. The summed E-state index contributed by atoms with van der Waals surface area (Å²) in [5.74, 6) is 3.47. The Morgan fingerprint density at radius 2 is 2.07 bits per heavy atom. The zero-order chi connectivity index (χ0) is 10.4. The first-order chi connectivity index (χ1) is 6.70. The average molecular weight is 194 g/mol. The van der Waals surface area contributed by atoms with Crippen molar-refractivity contribution in [3.63, 3.8) is 0 Å². The largest absolute Gasteiger partial charge is 0.390 e. The Balaban J connectivity index is 2.30. The second-order valence-electron chi connectivity index (χ2n) is 4.66. The van der Waals surface area contributed by atoms with Gasteiger partial charge in [0, 0.05) is 6.42 Å². The van der Waals surface area contributed by atoms with Crippen molar-refractivity contribution in [3.05, 3.63) is 0 Å².